The van der Waals surface area contributed by atoms with E-state index in [9.17, 15) is 12.8 Å². The highest BCUT2D eigenvalue weighted by atomic mass is 32.2. The Labute approximate surface area is 120 Å². The smallest absolute Gasteiger partial charge is 0.238 e. The molecular formula is C14H23FN2O2S. The quantitative estimate of drug-likeness (QED) is 0.813. The van der Waals surface area contributed by atoms with Crippen molar-refractivity contribution in [1.82, 2.24) is 0 Å². The van der Waals surface area contributed by atoms with Gasteiger partial charge in [0.15, 0.2) is 0 Å². The second kappa shape index (κ2) is 7.04. The third-order valence-electron chi connectivity index (χ3n) is 3.09. The average Bonchev–Trinajstić information content (AvgIpc) is 2.29. The summed E-state index contributed by atoms with van der Waals surface area (Å²) in [5, 5.41) is 8.01. The Kier molecular flexibility index (Phi) is 5.95. The average molecular weight is 302 g/mol. The maximum atomic E-state index is 13.8. The topological polar surface area (TPSA) is 72.2 Å². The first-order chi connectivity index (χ1) is 9.20. The van der Waals surface area contributed by atoms with Gasteiger partial charge in [0.05, 0.1) is 10.6 Å². The van der Waals surface area contributed by atoms with E-state index in [2.05, 4.69) is 19.2 Å². The molecule has 0 bridgehead atoms. The van der Waals surface area contributed by atoms with E-state index in [1.165, 1.54) is 12.1 Å². The van der Waals surface area contributed by atoms with Crippen molar-refractivity contribution in [2.75, 3.05) is 5.32 Å². The van der Waals surface area contributed by atoms with E-state index < -0.39 is 15.8 Å². The fourth-order valence-electron chi connectivity index (χ4n) is 1.96. The van der Waals surface area contributed by atoms with Crippen LogP contribution in [-0.2, 0) is 10.0 Å². The first-order valence-corrected chi connectivity index (χ1v) is 8.33. The zero-order chi connectivity index (χ0) is 15.3. The summed E-state index contributed by atoms with van der Waals surface area (Å²) >= 11 is 0. The Balaban J connectivity index is 2.65. The predicted octanol–water partition coefficient (Wildman–Crippen LogP) is 3.10. The Morgan fingerprint density at radius 1 is 1.25 bits per heavy atom. The van der Waals surface area contributed by atoms with Crippen molar-refractivity contribution in [1.29, 1.82) is 0 Å². The van der Waals surface area contributed by atoms with Crippen LogP contribution in [0.25, 0.3) is 0 Å². The SMILES string of the molecule is CC(C)CCCC(C)Nc1ccc(S(N)(=O)=O)cc1F. The van der Waals surface area contributed by atoms with Crippen molar-refractivity contribution in [2.24, 2.45) is 11.1 Å². The number of hydrogen-bond donors (Lipinski definition) is 2. The van der Waals surface area contributed by atoms with E-state index in [-0.39, 0.29) is 10.9 Å². The third kappa shape index (κ3) is 5.46. The predicted molar refractivity (Wildman–Crippen MR) is 79.5 cm³/mol. The summed E-state index contributed by atoms with van der Waals surface area (Å²) in [6, 6.07) is 3.79. The van der Waals surface area contributed by atoms with Gasteiger partial charge in [0, 0.05) is 6.04 Å². The highest BCUT2D eigenvalue weighted by Gasteiger charge is 2.12. The lowest BCUT2D eigenvalue weighted by Gasteiger charge is -2.16. The molecule has 0 aromatic heterocycles. The van der Waals surface area contributed by atoms with Gasteiger partial charge in [-0.1, -0.05) is 26.7 Å². The number of rotatable bonds is 7. The maximum absolute atomic E-state index is 13.8. The lowest BCUT2D eigenvalue weighted by molar-refractivity contribution is 0.519. The number of nitrogens with one attached hydrogen (secondary N) is 1. The highest BCUT2D eigenvalue weighted by molar-refractivity contribution is 7.89. The molecule has 1 aromatic carbocycles. The number of halogens is 1. The summed E-state index contributed by atoms with van der Waals surface area (Å²) in [5.74, 6) is 0.0558. The molecule has 3 N–H and O–H groups in total. The maximum Gasteiger partial charge on any atom is 0.238 e. The Morgan fingerprint density at radius 2 is 1.90 bits per heavy atom. The summed E-state index contributed by atoms with van der Waals surface area (Å²) in [6.45, 7) is 6.32. The summed E-state index contributed by atoms with van der Waals surface area (Å²) < 4.78 is 36.0. The fourth-order valence-corrected chi connectivity index (χ4v) is 2.49. The molecule has 1 aromatic rings. The molecule has 0 aliphatic heterocycles. The first kappa shape index (κ1) is 16.9. The lowest BCUT2D eigenvalue weighted by atomic mass is 10.0. The lowest BCUT2D eigenvalue weighted by Crippen LogP contribution is -2.17. The van der Waals surface area contributed by atoms with Crippen molar-refractivity contribution >= 4 is 15.7 Å². The van der Waals surface area contributed by atoms with Crippen LogP contribution in [0.2, 0.25) is 0 Å². The zero-order valence-corrected chi connectivity index (χ0v) is 13.0. The van der Waals surface area contributed by atoms with Gasteiger partial charge in [-0.25, -0.2) is 17.9 Å². The van der Waals surface area contributed by atoms with Gasteiger partial charge in [-0.3, -0.25) is 0 Å². The van der Waals surface area contributed by atoms with E-state index in [1.807, 2.05) is 6.92 Å². The highest BCUT2D eigenvalue weighted by Crippen LogP contribution is 2.20. The van der Waals surface area contributed by atoms with Gasteiger partial charge in [0.25, 0.3) is 0 Å². The molecule has 0 radical (unpaired) electrons. The molecule has 0 saturated heterocycles. The van der Waals surface area contributed by atoms with E-state index in [0.717, 1.165) is 25.3 Å². The van der Waals surface area contributed by atoms with Crippen molar-refractivity contribution in [3.05, 3.63) is 24.0 Å². The van der Waals surface area contributed by atoms with Crippen LogP contribution in [0.4, 0.5) is 10.1 Å². The fraction of sp³-hybridized carbons (Fsp3) is 0.571. The summed E-state index contributed by atoms with van der Waals surface area (Å²) in [6.07, 6.45) is 3.15. The van der Waals surface area contributed by atoms with Gasteiger partial charge in [0.2, 0.25) is 10.0 Å². The normalized spacial score (nSPS) is 13.5. The molecule has 0 fully saturated rings. The number of nitrogens with two attached hydrogens (primary N) is 1. The van der Waals surface area contributed by atoms with Crippen LogP contribution >= 0.6 is 0 Å². The van der Waals surface area contributed by atoms with Crippen LogP contribution in [0.1, 0.15) is 40.0 Å². The van der Waals surface area contributed by atoms with Crippen molar-refractivity contribution < 1.29 is 12.8 Å². The van der Waals surface area contributed by atoms with E-state index in [1.54, 1.807) is 0 Å². The van der Waals surface area contributed by atoms with Crippen molar-refractivity contribution in [2.45, 2.75) is 51.0 Å². The van der Waals surface area contributed by atoms with Gasteiger partial charge in [-0.15, -0.1) is 0 Å². The molecule has 1 atom stereocenters. The number of sulfonamides is 1. The van der Waals surface area contributed by atoms with Crippen LogP contribution in [-0.4, -0.2) is 14.5 Å². The molecule has 0 saturated carbocycles. The minimum Gasteiger partial charge on any atom is -0.380 e. The monoisotopic (exact) mass is 302 g/mol. The van der Waals surface area contributed by atoms with Crippen LogP contribution in [0, 0.1) is 11.7 Å². The molecule has 4 nitrogen and oxygen atoms in total. The van der Waals surface area contributed by atoms with E-state index in [0.29, 0.717) is 11.6 Å². The van der Waals surface area contributed by atoms with Crippen LogP contribution < -0.4 is 10.5 Å². The molecule has 0 aliphatic rings. The van der Waals surface area contributed by atoms with Crippen molar-refractivity contribution in [3.63, 3.8) is 0 Å². The molecule has 0 aliphatic carbocycles. The molecule has 1 rings (SSSR count). The van der Waals surface area contributed by atoms with Crippen molar-refractivity contribution in [3.8, 4) is 0 Å². The molecule has 6 heteroatoms. The number of benzene rings is 1. The zero-order valence-electron chi connectivity index (χ0n) is 12.2. The molecule has 20 heavy (non-hydrogen) atoms. The van der Waals surface area contributed by atoms with Crippen LogP contribution in [0.15, 0.2) is 23.1 Å². The Hall–Kier alpha value is -1.14. The van der Waals surface area contributed by atoms with Gasteiger partial charge in [-0.2, -0.15) is 0 Å². The number of primary sulfonamides is 1. The molecule has 0 heterocycles. The van der Waals surface area contributed by atoms with Gasteiger partial charge in [0.1, 0.15) is 5.82 Å². The molecular weight excluding hydrogens is 279 g/mol. The Bertz CT molecular complexity index is 544. The van der Waals surface area contributed by atoms with Gasteiger partial charge >= 0.3 is 0 Å². The third-order valence-corrected chi connectivity index (χ3v) is 4.00. The van der Waals surface area contributed by atoms with Crippen LogP contribution in [0.5, 0.6) is 0 Å². The van der Waals surface area contributed by atoms with Gasteiger partial charge < -0.3 is 5.32 Å². The van der Waals surface area contributed by atoms with E-state index in [4.69, 9.17) is 5.14 Å². The minimum atomic E-state index is -3.86. The summed E-state index contributed by atoms with van der Waals surface area (Å²) in [4.78, 5) is -0.215. The second-order valence-electron chi connectivity index (χ2n) is 5.56. The summed E-state index contributed by atoms with van der Waals surface area (Å²) in [5.41, 5.74) is 0.300. The number of anilines is 1. The van der Waals surface area contributed by atoms with E-state index >= 15 is 0 Å². The molecule has 114 valence electrons. The first-order valence-electron chi connectivity index (χ1n) is 6.79. The van der Waals surface area contributed by atoms with Gasteiger partial charge in [-0.05, 0) is 37.5 Å². The second-order valence-corrected chi connectivity index (χ2v) is 7.12. The number of hydrogen-bond acceptors (Lipinski definition) is 3. The standard InChI is InChI=1S/C14H23FN2O2S/c1-10(2)5-4-6-11(3)17-14-8-7-12(9-13(14)15)20(16,18)19/h7-11,17H,4-6H2,1-3H3,(H2,16,18,19). The Morgan fingerprint density at radius 3 is 2.40 bits per heavy atom. The molecule has 0 spiro atoms. The summed E-state index contributed by atoms with van der Waals surface area (Å²) in [7, 11) is -3.86. The molecule has 1 unspecified atom stereocenters. The largest absolute Gasteiger partial charge is 0.380 e. The molecule has 0 amide bonds. The van der Waals surface area contributed by atoms with Crippen LogP contribution in [0.3, 0.4) is 0 Å². The minimum absolute atomic E-state index is 0.128.